The molecule has 0 N–H and O–H groups in total. The van der Waals surface area contributed by atoms with Crippen molar-refractivity contribution in [3.8, 4) is 0 Å². The highest BCUT2D eigenvalue weighted by Gasteiger charge is 2.18. The highest BCUT2D eigenvalue weighted by atomic mass is 32.2. The van der Waals surface area contributed by atoms with E-state index in [1.165, 1.54) is 44.2 Å². The number of carbonyl (C=O) groups is 1. The fraction of sp³-hybridized carbons (Fsp3) is 0.588. The molecule has 1 aromatic rings. The normalized spacial score (nSPS) is 15.9. The quantitative estimate of drug-likeness (QED) is 0.783. The summed E-state index contributed by atoms with van der Waals surface area (Å²) in [5.74, 6) is 0.471. The zero-order chi connectivity index (χ0) is 15.1. The van der Waals surface area contributed by atoms with Gasteiger partial charge in [0.15, 0.2) is 0 Å². The van der Waals surface area contributed by atoms with Gasteiger partial charge in [0.2, 0.25) is 5.91 Å². The Morgan fingerprint density at radius 1 is 1.33 bits per heavy atom. The second-order valence-electron chi connectivity index (χ2n) is 5.61. The van der Waals surface area contributed by atoms with Crippen molar-refractivity contribution in [1.29, 1.82) is 0 Å². The lowest BCUT2D eigenvalue weighted by atomic mass is 10.0. The van der Waals surface area contributed by atoms with Gasteiger partial charge in [0, 0.05) is 18.3 Å². The van der Waals surface area contributed by atoms with Gasteiger partial charge in [0.1, 0.15) is 5.82 Å². The van der Waals surface area contributed by atoms with Crippen molar-refractivity contribution in [2.75, 3.05) is 12.3 Å². The molecule has 0 atom stereocenters. The predicted molar refractivity (Wildman–Crippen MR) is 86.8 cm³/mol. The summed E-state index contributed by atoms with van der Waals surface area (Å²) in [6, 6.07) is 6.50. The van der Waals surface area contributed by atoms with E-state index in [0.29, 0.717) is 24.1 Å². The van der Waals surface area contributed by atoms with Crippen LogP contribution in [0.25, 0.3) is 0 Å². The van der Waals surface area contributed by atoms with E-state index in [-0.39, 0.29) is 11.7 Å². The average molecular weight is 309 g/mol. The number of amides is 1. The summed E-state index contributed by atoms with van der Waals surface area (Å²) in [7, 11) is 0. The Morgan fingerprint density at radius 3 is 2.76 bits per heavy atom. The molecule has 1 aromatic carbocycles. The van der Waals surface area contributed by atoms with Gasteiger partial charge in [-0.25, -0.2) is 4.39 Å². The lowest BCUT2D eigenvalue weighted by molar-refractivity contribution is -0.128. The van der Waals surface area contributed by atoms with Crippen molar-refractivity contribution in [1.82, 2.24) is 4.90 Å². The Bertz CT molecular complexity index is 460. The van der Waals surface area contributed by atoms with E-state index in [2.05, 4.69) is 0 Å². The van der Waals surface area contributed by atoms with Crippen LogP contribution in [0.5, 0.6) is 0 Å². The Kier molecular flexibility index (Phi) is 6.55. The Labute approximate surface area is 131 Å². The van der Waals surface area contributed by atoms with Crippen molar-refractivity contribution < 1.29 is 9.18 Å². The van der Waals surface area contributed by atoms with Crippen LogP contribution < -0.4 is 0 Å². The van der Waals surface area contributed by atoms with E-state index in [1.54, 1.807) is 17.8 Å². The molecule has 1 aliphatic rings. The summed E-state index contributed by atoms with van der Waals surface area (Å²) < 4.78 is 13.2. The molecule has 4 heteroatoms. The van der Waals surface area contributed by atoms with Crippen LogP contribution in [0, 0.1) is 5.82 Å². The van der Waals surface area contributed by atoms with Crippen LogP contribution in [0.2, 0.25) is 0 Å². The van der Waals surface area contributed by atoms with Crippen molar-refractivity contribution in [3.05, 3.63) is 35.6 Å². The molecule has 0 heterocycles. The molecule has 0 spiro atoms. The van der Waals surface area contributed by atoms with Gasteiger partial charge in [-0.15, -0.1) is 11.8 Å². The Morgan fingerprint density at radius 2 is 2.10 bits per heavy atom. The molecule has 0 aliphatic heterocycles. The molecule has 1 fully saturated rings. The first-order valence-corrected chi connectivity index (χ1v) is 8.87. The van der Waals surface area contributed by atoms with Crippen LogP contribution in [0.1, 0.15) is 44.6 Å². The minimum atomic E-state index is -0.243. The molecule has 0 saturated heterocycles. The van der Waals surface area contributed by atoms with E-state index >= 15 is 0 Å². The number of halogens is 1. The molecular formula is C17H24FNOS. The van der Waals surface area contributed by atoms with Crippen LogP contribution in [-0.2, 0) is 11.3 Å². The summed E-state index contributed by atoms with van der Waals surface area (Å²) in [4.78, 5) is 14.1. The smallest absolute Gasteiger partial charge is 0.232 e. The third-order valence-corrected chi connectivity index (χ3v) is 5.35. The largest absolute Gasteiger partial charge is 0.338 e. The van der Waals surface area contributed by atoms with Crippen LogP contribution in [0.4, 0.5) is 4.39 Å². The van der Waals surface area contributed by atoms with Crippen LogP contribution in [-0.4, -0.2) is 28.4 Å². The zero-order valence-corrected chi connectivity index (χ0v) is 13.5. The maximum atomic E-state index is 13.2. The number of rotatable bonds is 6. The van der Waals surface area contributed by atoms with Crippen LogP contribution >= 0.6 is 11.8 Å². The van der Waals surface area contributed by atoms with E-state index in [4.69, 9.17) is 0 Å². The molecule has 21 heavy (non-hydrogen) atoms. The zero-order valence-electron chi connectivity index (χ0n) is 12.7. The van der Waals surface area contributed by atoms with Crippen LogP contribution in [0.15, 0.2) is 24.3 Å². The van der Waals surface area contributed by atoms with Gasteiger partial charge >= 0.3 is 0 Å². The number of benzene rings is 1. The minimum absolute atomic E-state index is 0.164. The summed E-state index contributed by atoms with van der Waals surface area (Å²) in [6.45, 7) is 3.14. The fourth-order valence-electron chi connectivity index (χ4n) is 2.74. The second-order valence-corrected chi connectivity index (χ2v) is 6.90. The Hall–Kier alpha value is -1.03. The minimum Gasteiger partial charge on any atom is -0.338 e. The molecule has 1 amide bonds. The number of thioether (sulfide) groups is 1. The van der Waals surface area contributed by atoms with Crippen molar-refractivity contribution in [3.63, 3.8) is 0 Å². The lowest BCUT2D eigenvalue weighted by Crippen LogP contribution is -2.32. The second kappa shape index (κ2) is 8.42. The van der Waals surface area contributed by atoms with Gasteiger partial charge < -0.3 is 4.90 Å². The first-order chi connectivity index (χ1) is 10.2. The van der Waals surface area contributed by atoms with Gasteiger partial charge in [0.05, 0.1) is 5.75 Å². The van der Waals surface area contributed by atoms with Gasteiger partial charge in [-0.3, -0.25) is 4.79 Å². The first-order valence-electron chi connectivity index (χ1n) is 7.83. The summed E-state index contributed by atoms with van der Waals surface area (Å²) in [6.07, 6.45) is 6.42. The number of hydrogen-bond acceptors (Lipinski definition) is 2. The van der Waals surface area contributed by atoms with Crippen LogP contribution in [0.3, 0.4) is 0 Å². The predicted octanol–water partition coefficient (Wildman–Crippen LogP) is 4.24. The number of carbonyl (C=O) groups excluding carboxylic acids is 1. The maximum absolute atomic E-state index is 13.2. The van der Waals surface area contributed by atoms with Crippen molar-refractivity contribution in [2.24, 2.45) is 0 Å². The van der Waals surface area contributed by atoms with E-state index in [9.17, 15) is 9.18 Å². The molecule has 0 aromatic heterocycles. The van der Waals surface area contributed by atoms with E-state index < -0.39 is 0 Å². The highest BCUT2D eigenvalue weighted by molar-refractivity contribution is 8.00. The van der Waals surface area contributed by atoms with Crippen molar-refractivity contribution >= 4 is 17.7 Å². The van der Waals surface area contributed by atoms with Gasteiger partial charge in [-0.2, -0.15) is 0 Å². The molecule has 1 aliphatic carbocycles. The molecule has 0 unspecified atom stereocenters. The van der Waals surface area contributed by atoms with Crippen molar-refractivity contribution in [2.45, 2.75) is 50.8 Å². The summed E-state index contributed by atoms with van der Waals surface area (Å²) in [5, 5.41) is 0.649. The van der Waals surface area contributed by atoms with Gasteiger partial charge in [-0.1, -0.05) is 31.4 Å². The molecule has 2 rings (SSSR count). The molecular weight excluding hydrogens is 285 g/mol. The van der Waals surface area contributed by atoms with Gasteiger partial charge in [-0.05, 0) is 37.5 Å². The monoisotopic (exact) mass is 309 g/mol. The average Bonchev–Trinajstić information content (AvgIpc) is 2.51. The first kappa shape index (κ1) is 16.3. The van der Waals surface area contributed by atoms with Gasteiger partial charge in [0.25, 0.3) is 0 Å². The highest BCUT2D eigenvalue weighted by Crippen LogP contribution is 2.28. The molecule has 116 valence electrons. The molecule has 1 saturated carbocycles. The van der Waals surface area contributed by atoms with E-state index in [1.807, 2.05) is 17.9 Å². The fourth-order valence-corrected chi connectivity index (χ4v) is 3.97. The van der Waals surface area contributed by atoms with E-state index in [0.717, 1.165) is 5.56 Å². The third kappa shape index (κ3) is 5.34. The summed E-state index contributed by atoms with van der Waals surface area (Å²) >= 11 is 1.80. The summed E-state index contributed by atoms with van der Waals surface area (Å²) in [5.41, 5.74) is 0.855. The Balaban J connectivity index is 1.83. The topological polar surface area (TPSA) is 20.3 Å². The maximum Gasteiger partial charge on any atom is 0.232 e. The standard InChI is InChI=1S/C17H24FNOS/c1-2-19(12-14-7-6-8-15(18)11-14)17(20)13-21-16-9-4-3-5-10-16/h6-8,11,16H,2-5,9-10,12-13H2,1H3. The molecule has 0 radical (unpaired) electrons. The number of hydrogen-bond donors (Lipinski definition) is 0. The SMILES string of the molecule is CCN(Cc1cccc(F)c1)C(=O)CSC1CCCCC1. The number of nitrogens with zero attached hydrogens (tertiary/aromatic N) is 1. The third-order valence-electron chi connectivity index (χ3n) is 3.99. The lowest BCUT2D eigenvalue weighted by Gasteiger charge is -2.24. The molecule has 0 bridgehead atoms. The molecule has 2 nitrogen and oxygen atoms in total.